The third kappa shape index (κ3) is 3.01. The lowest BCUT2D eigenvalue weighted by molar-refractivity contribution is 0.679. The molecule has 0 aliphatic heterocycles. The minimum absolute atomic E-state index is 0.601. The summed E-state index contributed by atoms with van der Waals surface area (Å²) >= 11 is 9.01. The fraction of sp³-hybridized carbons (Fsp3) is 0.375. The third-order valence-electron chi connectivity index (χ3n) is 3.92. The van der Waals surface area contributed by atoms with Crippen molar-refractivity contribution in [1.29, 1.82) is 0 Å². The number of benzene rings is 1. The molecule has 1 heterocycles. The highest BCUT2D eigenvalue weighted by Gasteiger charge is 2.21. The Kier molecular flexibility index (Phi) is 4.32. The summed E-state index contributed by atoms with van der Waals surface area (Å²) in [7, 11) is 0. The van der Waals surface area contributed by atoms with Gasteiger partial charge in [-0.1, -0.05) is 55.4 Å². The van der Waals surface area contributed by atoms with Crippen molar-refractivity contribution < 1.29 is 0 Å². The molecule has 0 amide bonds. The molecule has 1 aromatic heterocycles. The Morgan fingerprint density at radius 1 is 1.20 bits per heavy atom. The first-order chi connectivity index (χ1) is 9.74. The second-order valence-electron chi connectivity index (χ2n) is 5.36. The maximum absolute atomic E-state index is 5.40. The summed E-state index contributed by atoms with van der Waals surface area (Å²) in [5.74, 6) is 1.56. The molecule has 3 rings (SSSR count). The number of hydrogen-bond donors (Lipinski definition) is 1. The topological polar surface area (TPSA) is 28.7 Å². The molecule has 2 nitrogen and oxygen atoms in total. The van der Waals surface area contributed by atoms with E-state index in [9.17, 15) is 0 Å². The van der Waals surface area contributed by atoms with Gasteiger partial charge in [-0.3, -0.25) is 0 Å². The Hall–Kier alpha value is -1.00. The lowest BCUT2D eigenvalue weighted by Crippen LogP contribution is -2.05. The monoisotopic (exact) mass is 348 g/mol. The molecule has 1 aromatic carbocycles. The van der Waals surface area contributed by atoms with Crippen LogP contribution in [0.2, 0.25) is 0 Å². The fourth-order valence-electron chi connectivity index (χ4n) is 2.89. The van der Waals surface area contributed by atoms with Gasteiger partial charge in [-0.15, -0.1) is 0 Å². The SMILES string of the molecule is S=c1nc(Cc2ccccc2)[nH]c(C2CCCC2)c1Br. The Morgan fingerprint density at radius 2 is 1.90 bits per heavy atom. The number of nitrogens with zero attached hydrogens (tertiary/aromatic N) is 1. The molecule has 20 heavy (non-hydrogen) atoms. The molecule has 0 spiro atoms. The van der Waals surface area contributed by atoms with Gasteiger partial charge in [0.25, 0.3) is 0 Å². The highest BCUT2D eigenvalue weighted by Crippen LogP contribution is 2.36. The van der Waals surface area contributed by atoms with Gasteiger partial charge in [-0.2, -0.15) is 0 Å². The smallest absolute Gasteiger partial charge is 0.144 e. The minimum atomic E-state index is 0.601. The minimum Gasteiger partial charge on any atom is -0.346 e. The van der Waals surface area contributed by atoms with Gasteiger partial charge in [0.15, 0.2) is 0 Å². The summed E-state index contributed by atoms with van der Waals surface area (Å²) in [6.07, 6.45) is 5.93. The van der Waals surface area contributed by atoms with Gasteiger partial charge in [0.05, 0.1) is 4.47 Å². The molecular formula is C16H17BrN2S. The quantitative estimate of drug-likeness (QED) is 0.777. The van der Waals surface area contributed by atoms with Crippen LogP contribution in [0.3, 0.4) is 0 Å². The summed E-state index contributed by atoms with van der Waals surface area (Å²) in [5, 5.41) is 0. The summed E-state index contributed by atoms with van der Waals surface area (Å²) in [6, 6.07) is 10.4. The van der Waals surface area contributed by atoms with Gasteiger partial charge < -0.3 is 4.98 Å². The molecule has 0 saturated heterocycles. The van der Waals surface area contributed by atoms with Gasteiger partial charge in [-0.25, -0.2) is 4.98 Å². The second kappa shape index (κ2) is 6.19. The molecule has 1 aliphatic rings. The number of hydrogen-bond acceptors (Lipinski definition) is 2. The Balaban J connectivity index is 1.94. The molecule has 0 radical (unpaired) electrons. The number of rotatable bonds is 3. The highest BCUT2D eigenvalue weighted by atomic mass is 79.9. The number of H-pyrrole nitrogens is 1. The van der Waals surface area contributed by atoms with Crippen molar-refractivity contribution in [1.82, 2.24) is 9.97 Å². The summed E-state index contributed by atoms with van der Waals surface area (Å²) < 4.78 is 1.66. The summed E-state index contributed by atoms with van der Waals surface area (Å²) in [4.78, 5) is 8.03. The zero-order valence-electron chi connectivity index (χ0n) is 11.2. The van der Waals surface area contributed by atoms with Gasteiger partial charge in [0.1, 0.15) is 10.5 Å². The van der Waals surface area contributed by atoms with E-state index in [1.165, 1.54) is 36.9 Å². The lowest BCUT2D eigenvalue weighted by Gasteiger charge is -2.14. The van der Waals surface area contributed by atoms with Crippen molar-refractivity contribution >= 4 is 28.1 Å². The highest BCUT2D eigenvalue weighted by molar-refractivity contribution is 9.10. The molecule has 2 aromatic rings. The number of aromatic nitrogens is 2. The molecular weight excluding hydrogens is 332 g/mol. The van der Waals surface area contributed by atoms with Gasteiger partial charge in [-0.05, 0) is 34.3 Å². The van der Waals surface area contributed by atoms with Crippen molar-refractivity contribution in [3.8, 4) is 0 Å². The van der Waals surface area contributed by atoms with Crippen LogP contribution in [-0.2, 0) is 6.42 Å². The van der Waals surface area contributed by atoms with Crippen LogP contribution in [-0.4, -0.2) is 9.97 Å². The van der Waals surface area contributed by atoms with E-state index >= 15 is 0 Å². The van der Waals surface area contributed by atoms with E-state index < -0.39 is 0 Å². The Labute approximate surface area is 132 Å². The third-order valence-corrected chi connectivity index (χ3v) is 5.28. The van der Waals surface area contributed by atoms with E-state index in [1.807, 2.05) is 6.07 Å². The normalized spacial score (nSPS) is 15.7. The molecule has 1 aliphatic carbocycles. The molecule has 104 valence electrons. The predicted molar refractivity (Wildman–Crippen MR) is 87.6 cm³/mol. The number of nitrogens with one attached hydrogen (secondary N) is 1. The van der Waals surface area contributed by atoms with Crippen molar-refractivity contribution in [2.75, 3.05) is 0 Å². The van der Waals surface area contributed by atoms with Gasteiger partial charge >= 0.3 is 0 Å². The van der Waals surface area contributed by atoms with Crippen molar-refractivity contribution in [2.45, 2.75) is 38.0 Å². The Bertz CT molecular complexity index is 645. The molecule has 4 heteroatoms. The molecule has 0 atom stereocenters. The van der Waals surface area contributed by atoms with Crippen LogP contribution in [0.25, 0.3) is 0 Å². The average Bonchev–Trinajstić information content (AvgIpc) is 2.98. The number of halogens is 1. The van der Waals surface area contributed by atoms with Crippen molar-refractivity contribution in [3.63, 3.8) is 0 Å². The van der Waals surface area contributed by atoms with Crippen LogP contribution in [0.4, 0.5) is 0 Å². The van der Waals surface area contributed by atoms with Gasteiger partial charge in [0.2, 0.25) is 0 Å². The van der Waals surface area contributed by atoms with Crippen molar-refractivity contribution in [2.24, 2.45) is 0 Å². The number of aromatic amines is 1. The van der Waals surface area contributed by atoms with Crippen LogP contribution in [0.5, 0.6) is 0 Å². The van der Waals surface area contributed by atoms with Crippen LogP contribution in [0.15, 0.2) is 34.8 Å². The zero-order chi connectivity index (χ0) is 13.9. The fourth-order valence-corrected chi connectivity index (χ4v) is 3.63. The van der Waals surface area contributed by atoms with Crippen LogP contribution >= 0.6 is 28.1 Å². The standard InChI is InChI=1S/C16H17BrN2S/c17-14-15(12-8-4-5-9-12)18-13(19-16(14)20)10-11-6-2-1-3-7-11/h1-3,6-7,12H,4-5,8-10H2,(H,18,19,20). The van der Waals surface area contributed by atoms with E-state index in [-0.39, 0.29) is 0 Å². The van der Waals surface area contributed by atoms with Crippen LogP contribution < -0.4 is 0 Å². The van der Waals surface area contributed by atoms with E-state index in [1.54, 1.807) is 0 Å². The van der Waals surface area contributed by atoms with Crippen molar-refractivity contribution in [3.05, 3.63) is 56.5 Å². The second-order valence-corrected chi connectivity index (χ2v) is 6.54. The molecule has 0 unspecified atom stereocenters. The van der Waals surface area contributed by atoms with E-state index in [4.69, 9.17) is 12.2 Å². The Morgan fingerprint density at radius 3 is 2.60 bits per heavy atom. The first-order valence-electron chi connectivity index (χ1n) is 7.06. The maximum Gasteiger partial charge on any atom is 0.144 e. The van der Waals surface area contributed by atoms with Gasteiger partial charge in [0, 0.05) is 18.0 Å². The molecule has 1 N–H and O–H groups in total. The first kappa shape index (κ1) is 14.0. The van der Waals surface area contributed by atoms with Crippen LogP contribution in [0, 0.1) is 4.64 Å². The summed E-state index contributed by atoms with van der Waals surface area (Å²) in [5.41, 5.74) is 2.50. The van der Waals surface area contributed by atoms with E-state index in [2.05, 4.69) is 50.2 Å². The van der Waals surface area contributed by atoms with Crippen LogP contribution in [0.1, 0.15) is 48.7 Å². The largest absolute Gasteiger partial charge is 0.346 e. The molecule has 1 fully saturated rings. The molecule has 0 bridgehead atoms. The first-order valence-corrected chi connectivity index (χ1v) is 8.26. The average molecular weight is 349 g/mol. The van der Waals surface area contributed by atoms with E-state index in [0.29, 0.717) is 10.6 Å². The summed E-state index contributed by atoms with van der Waals surface area (Å²) in [6.45, 7) is 0. The maximum atomic E-state index is 5.40. The zero-order valence-corrected chi connectivity index (χ0v) is 13.6. The predicted octanol–water partition coefficient (Wildman–Crippen LogP) is 5.15. The molecule has 1 saturated carbocycles. The van der Waals surface area contributed by atoms with E-state index in [0.717, 1.165) is 16.7 Å². The lowest BCUT2D eigenvalue weighted by atomic mass is 10.0.